The SMILES string of the molecule is O=C(/C=C/c1ccc(/C=C(/C(=O)NC2CC2)c2ccc(F)cc2)cc1)NO. The molecule has 27 heavy (non-hydrogen) atoms. The lowest BCUT2D eigenvalue weighted by molar-refractivity contribution is -0.124. The second kappa shape index (κ2) is 8.42. The van der Waals surface area contributed by atoms with Crippen molar-refractivity contribution in [2.75, 3.05) is 0 Å². The fourth-order valence-corrected chi connectivity index (χ4v) is 2.48. The maximum Gasteiger partial charge on any atom is 0.267 e. The Morgan fingerprint density at radius 3 is 2.22 bits per heavy atom. The van der Waals surface area contributed by atoms with Crippen molar-refractivity contribution < 1.29 is 19.2 Å². The molecule has 0 aliphatic heterocycles. The highest BCUT2D eigenvalue weighted by Crippen LogP contribution is 2.24. The van der Waals surface area contributed by atoms with Gasteiger partial charge in [-0.3, -0.25) is 14.8 Å². The Balaban J connectivity index is 1.85. The minimum Gasteiger partial charge on any atom is -0.349 e. The number of rotatable bonds is 6. The molecular weight excluding hydrogens is 347 g/mol. The van der Waals surface area contributed by atoms with Gasteiger partial charge >= 0.3 is 0 Å². The highest BCUT2D eigenvalue weighted by molar-refractivity contribution is 6.24. The predicted molar refractivity (Wildman–Crippen MR) is 101 cm³/mol. The van der Waals surface area contributed by atoms with Crippen molar-refractivity contribution in [3.63, 3.8) is 0 Å². The zero-order chi connectivity index (χ0) is 19.2. The zero-order valence-electron chi connectivity index (χ0n) is 14.5. The number of amides is 2. The van der Waals surface area contributed by atoms with Gasteiger partial charge in [0.25, 0.3) is 11.8 Å². The van der Waals surface area contributed by atoms with Crippen molar-refractivity contribution in [3.8, 4) is 0 Å². The summed E-state index contributed by atoms with van der Waals surface area (Å²) in [6.45, 7) is 0. The van der Waals surface area contributed by atoms with Crippen LogP contribution in [0.2, 0.25) is 0 Å². The summed E-state index contributed by atoms with van der Waals surface area (Å²) in [5.74, 6) is -1.16. The monoisotopic (exact) mass is 366 g/mol. The number of halogens is 1. The van der Waals surface area contributed by atoms with Crippen molar-refractivity contribution in [1.82, 2.24) is 10.8 Å². The van der Waals surface area contributed by atoms with Gasteiger partial charge in [-0.05, 0) is 53.8 Å². The van der Waals surface area contributed by atoms with Crippen LogP contribution in [0.1, 0.15) is 29.5 Å². The van der Waals surface area contributed by atoms with Crippen LogP contribution >= 0.6 is 0 Å². The Hall–Kier alpha value is -3.25. The quantitative estimate of drug-likeness (QED) is 0.318. The van der Waals surface area contributed by atoms with Crippen LogP contribution in [0.25, 0.3) is 17.7 Å². The molecule has 2 aromatic rings. The summed E-state index contributed by atoms with van der Waals surface area (Å²) in [5.41, 5.74) is 4.18. The molecule has 0 spiro atoms. The topological polar surface area (TPSA) is 78.4 Å². The van der Waals surface area contributed by atoms with E-state index in [-0.39, 0.29) is 17.8 Å². The molecular formula is C21H19FN2O3. The summed E-state index contributed by atoms with van der Waals surface area (Å²) < 4.78 is 13.2. The van der Waals surface area contributed by atoms with Gasteiger partial charge in [-0.25, -0.2) is 9.87 Å². The number of carbonyl (C=O) groups is 2. The third kappa shape index (κ3) is 5.36. The van der Waals surface area contributed by atoms with Gasteiger partial charge in [0.15, 0.2) is 0 Å². The number of hydrogen-bond acceptors (Lipinski definition) is 3. The third-order valence-electron chi connectivity index (χ3n) is 4.10. The summed E-state index contributed by atoms with van der Waals surface area (Å²) in [7, 11) is 0. The lowest BCUT2D eigenvalue weighted by atomic mass is 10.0. The van der Waals surface area contributed by atoms with Crippen LogP contribution < -0.4 is 10.8 Å². The molecule has 0 unspecified atom stereocenters. The Morgan fingerprint density at radius 2 is 1.63 bits per heavy atom. The molecule has 5 nitrogen and oxygen atoms in total. The minimum absolute atomic E-state index is 0.187. The Kier molecular flexibility index (Phi) is 5.78. The molecule has 138 valence electrons. The van der Waals surface area contributed by atoms with Gasteiger partial charge in [-0.15, -0.1) is 0 Å². The molecule has 2 aromatic carbocycles. The van der Waals surface area contributed by atoms with Crippen LogP contribution in [0, 0.1) is 5.82 Å². The fourth-order valence-electron chi connectivity index (χ4n) is 2.48. The average molecular weight is 366 g/mol. The second-order valence-electron chi connectivity index (χ2n) is 6.29. The molecule has 0 atom stereocenters. The smallest absolute Gasteiger partial charge is 0.267 e. The summed E-state index contributed by atoms with van der Waals surface area (Å²) in [6.07, 6.45) is 6.46. The van der Waals surface area contributed by atoms with E-state index >= 15 is 0 Å². The molecule has 1 saturated carbocycles. The number of hydroxylamine groups is 1. The summed E-state index contributed by atoms with van der Waals surface area (Å²) in [6, 6.07) is 13.2. The van der Waals surface area contributed by atoms with Crippen molar-refractivity contribution in [2.45, 2.75) is 18.9 Å². The van der Waals surface area contributed by atoms with E-state index in [4.69, 9.17) is 5.21 Å². The van der Waals surface area contributed by atoms with Gasteiger partial charge < -0.3 is 5.32 Å². The number of nitrogens with one attached hydrogen (secondary N) is 2. The molecule has 0 bridgehead atoms. The van der Waals surface area contributed by atoms with E-state index in [1.807, 2.05) is 12.1 Å². The fraction of sp³-hybridized carbons (Fsp3) is 0.143. The Morgan fingerprint density at radius 1 is 1.00 bits per heavy atom. The van der Waals surface area contributed by atoms with Gasteiger partial charge in [0.05, 0.1) is 0 Å². The maximum atomic E-state index is 13.2. The first-order valence-corrected chi connectivity index (χ1v) is 8.56. The summed E-state index contributed by atoms with van der Waals surface area (Å²) in [4.78, 5) is 23.6. The maximum absolute atomic E-state index is 13.2. The lowest BCUT2D eigenvalue weighted by Crippen LogP contribution is -2.26. The van der Waals surface area contributed by atoms with Crippen LogP contribution in [0.3, 0.4) is 0 Å². The zero-order valence-corrected chi connectivity index (χ0v) is 14.5. The average Bonchev–Trinajstić information content (AvgIpc) is 3.50. The minimum atomic E-state index is -0.616. The van der Waals surface area contributed by atoms with E-state index in [1.165, 1.54) is 23.7 Å². The standard InChI is InChI=1S/C21H19FN2O3/c22-17-8-6-16(7-9-17)19(21(26)23-18-10-11-18)13-15-3-1-14(2-4-15)5-12-20(25)24-27/h1-9,12-13,18,27H,10-11H2,(H,23,26)(H,24,25)/b12-5+,19-13+. The largest absolute Gasteiger partial charge is 0.349 e. The first kappa shape index (κ1) is 18.5. The van der Waals surface area contributed by atoms with Gasteiger partial charge in [0, 0.05) is 17.7 Å². The summed E-state index contributed by atoms with van der Waals surface area (Å²) in [5, 5.41) is 11.4. The third-order valence-corrected chi connectivity index (χ3v) is 4.10. The van der Waals surface area contributed by atoms with Crippen molar-refractivity contribution in [3.05, 3.63) is 77.1 Å². The second-order valence-corrected chi connectivity index (χ2v) is 6.29. The first-order valence-electron chi connectivity index (χ1n) is 8.56. The van der Waals surface area contributed by atoms with E-state index in [2.05, 4.69) is 5.32 Å². The van der Waals surface area contributed by atoms with E-state index < -0.39 is 5.91 Å². The molecule has 2 amide bonds. The lowest BCUT2D eigenvalue weighted by Gasteiger charge is -2.09. The van der Waals surface area contributed by atoms with Gasteiger partial charge in [-0.1, -0.05) is 36.4 Å². The molecule has 1 aliphatic carbocycles. The van der Waals surface area contributed by atoms with Crippen LogP contribution in [-0.4, -0.2) is 23.1 Å². The molecule has 1 aliphatic rings. The van der Waals surface area contributed by atoms with Gasteiger partial charge in [0.1, 0.15) is 5.82 Å². The van der Waals surface area contributed by atoms with Crippen molar-refractivity contribution >= 4 is 29.5 Å². The van der Waals surface area contributed by atoms with Crippen LogP contribution in [0.15, 0.2) is 54.6 Å². The molecule has 0 saturated heterocycles. The molecule has 3 rings (SSSR count). The van der Waals surface area contributed by atoms with Gasteiger partial charge in [-0.2, -0.15) is 0 Å². The molecule has 6 heteroatoms. The molecule has 0 heterocycles. The van der Waals surface area contributed by atoms with E-state index in [1.54, 1.807) is 36.4 Å². The first-order chi connectivity index (χ1) is 13.0. The molecule has 1 fully saturated rings. The van der Waals surface area contributed by atoms with Crippen LogP contribution in [0.5, 0.6) is 0 Å². The molecule has 0 aromatic heterocycles. The highest BCUT2D eigenvalue weighted by atomic mass is 19.1. The predicted octanol–water partition coefficient (Wildman–Crippen LogP) is 3.16. The van der Waals surface area contributed by atoms with Gasteiger partial charge in [0.2, 0.25) is 0 Å². The molecule has 3 N–H and O–H groups in total. The van der Waals surface area contributed by atoms with Crippen LogP contribution in [0.4, 0.5) is 4.39 Å². The van der Waals surface area contributed by atoms with Crippen molar-refractivity contribution in [2.24, 2.45) is 0 Å². The van der Waals surface area contributed by atoms with Crippen LogP contribution in [-0.2, 0) is 9.59 Å². The number of hydrogen-bond donors (Lipinski definition) is 3. The van der Waals surface area contributed by atoms with E-state index in [9.17, 15) is 14.0 Å². The normalized spacial score (nSPS) is 14.2. The Labute approximate surface area is 156 Å². The van der Waals surface area contributed by atoms with E-state index in [0.717, 1.165) is 24.0 Å². The number of carbonyl (C=O) groups excluding carboxylic acids is 2. The highest BCUT2D eigenvalue weighted by Gasteiger charge is 2.25. The number of benzene rings is 2. The summed E-state index contributed by atoms with van der Waals surface area (Å²) >= 11 is 0. The van der Waals surface area contributed by atoms with E-state index in [0.29, 0.717) is 11.1 Å². The Bertz CT molecular complexity index is 883. The van der Waals surface area contributed by atoms with Crippen molar-refractivity contribution in [1.29, 1.82) is 0 Å². The molecule has 0 radical (unpaired) electrons.